The maximum Gasteiger partial charge on any atom is 0.416 e. The lowest BCUT2D eigenvalue weighted by molar-refractivity contribution is -0.137. The Morgan fingerprint density at radius 2 is 2.00 bits per heavy atom. The second kappa shape index (κ2) is 4.87. The van der Waals surface area contributed by atoms with Crippen LogP contribution in [0.3, 0.4) is 0 Å². The van der Waals surface area contributed by atoms with E-state index >= 15 is 0 Å². The smallest absolute Gasteiger partial charge is 0.416 e. The van der Waals surface area contributed by atoms with Gasteiger partial charge in [0.25, 0.3) is 0 Å². The number of hydrogen-bond donors (Lipinski definition) is 0. The first kappa shape index (κ1) is 13.6. The summed E-state index contributed by atoms with van der Waals surface area (Å²) in [5.74, 6) is 0.479. The molecule has 3 rings (SSSR count). The van der Waals surface area contributed by atoms with Crippen molar-refractivity contribution in [1.29, 1.82) is 0 Å². The summed E-state index contributed by atoms with van der Waals surface area (Å²) in [6.07, 6.45) is 0.226. The Bertz CT molecular complexity index is 723. The molecule has 1 aliphatic rings. The highest BCUT2D eigenvalue weighted by Gasteiger charge is 2.33. The van der Waals surface area contributed by atoms with Crippen LogP contribution in [0.2, 0.25) is 0 Å². The molecule has 3 nitrogen and oxygen atoms in total. The second-order valence-electron chi connectivity index (χ2n) is 4.64. The maximum atomic E-state index is 13.0. The van der Waals surface area contributed by atoms with Crippen molar-refractivity contribution < 1.29 is 17.9 Å². The van der Waals surface area contributed by atoms with Gasteiger partial charge in [0.1, 0.15) is 5.75 Å². The van der Waals surface area contributed by atoms with Crippen LogP contribution in [-0.4, -0.2) is 18.3 Å². The molecule has 0 amide bonds. The van der Waals surface area contributed by atoms with E-state index in [9.17, 15) is 13.2 Å². The van der Waals surface area contributed by atoms with Gasteiger partial charge < -0.3 is 4.74 Å². The molecular formula is C15H11F3N2O. The first-order chi connectivity index (χ1) is 10.0. The molecule has 21 heavy (non-hydrogen) atoms. The molecule has 0 saturated heterocycles. The van der Waals surface area contributed by atoms with Crippen molar-refractivity contribution in [2.75, 3.05) is 7.11 Å². The molecule has 0 spiro atoms. The Morgan fingerprint density at radius 3 is 2.71 bits per heavy atom. The highest BCUT2D eigenvalue weighted by atomic mass is 19.4. The summed E-state index contributed by atoms with van der Waals surface area (Å²) in [6.45, 7) is 0.259. The van der Waals surface area contributed by atoms with Crippen molar-refractivity contribution in [3.63, 3.8) is 0 Å². The fourth-order valence-electron chi connectivity index (χ4n) is 2.38. The number of aromatic nitrogens is 1. The lowest BCUT2D eigenvalue weighted by Gasteiger charge is -2.15. The fourth-order valence-corrected chi connectivity index (χ4v) is 2.38. The normalized spacial score (nSPS) is 13.3. The number of ether oxygens (including phenoxy) is 1. The van der Waals surface area contributed by atoms with Gasteiger partial charge in [-0.1, -0.05) is 0 Å². The van der Waals surface area contributed by atoms with Gasteiger partial charge in [0, 0.05) is 29.7 Å². The minimum Gasteiger partial charge on any atom is -0.496 e. The van der Waals surface area contributed by atoms with Crippen LogP contribution in [0.4, 0.5) is 13.2 Å². The predicted molar refractivity (Wildman–Crippen MR) is 72.5 cm³/mol. The number of rotatable bonds is 2. The van der Waals surface area contributed by atoms with Crippen LogP contribution in [0.15, 0.2) is 35.6 Å². The van der Waals surface area contributed by atoms with E-state index in [0.29, 0.717) is 28.0 Å². The molecule has 0 atom stereocenters. The van der Waals surface area contributed by atoms with Crippen molar-refractivity contribution >= 4 is 6.21 Å². The first-order valence-corrected chi connectivity index (χ1v) is 6.23. The van der Waals surface area contributed by atoms with Crippen LogP contribution >= 0.6 is 0 Å². The van der Waals surface area contributed by atoms with E-state index < -0.39 is 11.7 Å². The summed E-state index contributed by atoms with van der Waals surface area (Å²) in [5, 5.41) is 0. The van der Waals surface area contributed by atoms with E-state index in [4.69, 9.17) is 4.74 Å². The third-order valence-corrected chi connectivity index (χ3v) is 3.37. The van der Waals surface area contributed by atoms with Crippen LogP contribution < -0.4 is 4.74 Å². The molecule has 0 bridgehead atoms. The molecule has 0 N–H and O–H groups in total. The number of benzene rings is 1. The molecule has 0 unspecified atom stereocenters. The highest BCUT2D eigenvalue weighted by Crippen LogP contribution is 2.39. The molecule has 6 heteroatoms. The fraction of sp³-hybridized carbons (Fsp3) is 0.200. The van der Waals surface area contributed by atoms with Gasteiger partial charge in [0.05, 0.1) is 19.2 Å². The van der Waals surface area contributed by atoms with Crippen molar-refractivity contribution in [2.45, 2.75) is 12.7 Å². The standard InChI is InChI=1S/C15H11F3N2O/c1-21-14-2-3-19-8-13(14)11-5-10(15(16,17)18)4-9-6-20-7-12(9)11/h2-5,7-8H,6H2,1H3. The van der Waals surface area contributed by atoms with Crippen LogP contribution in [0.5, 0.6) is 5.75 Å². The molecule has 2 heterocycles. The lowest BCUT2D eigenvalue weighted by Crippen LogP contribution is -2.07. The van der Waals surface area contributed by atoms with Gasteiger partial charge in [-0.2, -0.15) is 13.2 Å². The van der Waals surface area contributed by atoms with Gasteiger partial charge in [0.15, 0.2) is 0 Å². The predicted octanol–water partition coefficient (Wildman–Crippen LogP) is 3.71. The zero-order valence-corrected chi connectivity index (χ0v) is 11.1. The molecule has 2 aromatic rings. The summed E-state index contributed by atoms with van der Waals surface area (Å²) in [7, 11) is 1.47. The Hall–Kier alpha value is -2.37. The number of pyridine rings is 1. The Balaban J connectivity index is 2.26. The summed E-state index contributed by atoms with van der Waals surface area (Å²) >= 11 is 0. The summed E-state index contributed by atoms with van der Waals surface area (Å²) < 4.78 is 44.4. The van der Waals surface area contributed by atoms with Gasteiger partial charge >= 0.3 is 6.18 Å². The second-order valence-corrected chi connectivity index (χ2v) is 4.64. The van der Waals surface area contributed by atoms with Gasteiger partial charge in [-0.15, -0.1) is 0 Å². The average molecular weight is 292 g/mol. The Morgan fingerprint density at radius 1 is 1.19 bits per heavy atom. The monoisotopic (exact) mass is 292 g/mol. The van der Waals surface area contributed by atoms with Crippen LogP contribution in [0.25, 0.3) is 11.1 Å². The van der Waals surface area contributed by atoms with Gasteiger partial charge in [-0.25, -0.2) is 0 Å². The van der Waals surface area contributed by atoms with E-state index in [1.807, 2.05) is 0 Å². The number of hydrogen-bond acceptors (Lipinski definition) is 3. The van der Waals surface area contributed by atoms with Gasteiger partial charge in [0.2, 0.25) is 0 Å². The zero-order valence-electron chi connectivity index (χ0n) is 11.1. The van der Waals surface area contributed by atoms with E-state index in [-0.39, 0.29) is 6.54 Å². The maximum absolute atomic E-state index is 13.0. The summed E-state index contributed by atoms with van der Waals surface area (Å²) in [4.78, 5) is 8.04. The first-order valence-electron chi connectivity index (χ1n) is 6.23. The van der Waals surface area contributed by atoms with Crippen LogP contribution in [-0.2, 0) is 12.7 Å². The molecule has 1 aromatic carbocycles. The van der Waals surface area contributed by atoms with Gasteiger partial charge in [-0.3, -0.25) is 9.98 Å². The molecule has 0 fully saturated rings. The Labute approximate surface area is 119 Å². The quantitative estimate of drug-likeness (QED) is 0.845. The molecule has 0 saturated carbocycles. The number of halogens is 3. The number of nitrogens with zero attached hydrogens (tertiary/aromatic N) is 2. The Kier molecular flexibility index (Phi) is 3.16. The third-order valence-electron chi connectivity index (χ3n) is 3.37. The van der Waals surface area contributed by atoms with Crippen LogP contribution in [0.1, 0.15) is 16.7 Å². The number of aliphatic imine (C=N–C) groups is 1. The molecule has 1 aliphatic heterocycles. The largest absolute Gasteiger partial charge is 0.496 e. The van der Waals surface area contributed by atoms with E-state index in [2.05, 4.69) is 9.98 Å². The topological polar surface area (TPSA) is 34.5 Å². The average Bonchev–Trinajstić information content (AvgIpc) is 2.93. The number of methoxy groups -OCH3 is 1. The summed E-state index contributed by atoms with van der Waals surface area (Å²) in [6, 6.07) is 3.89. The lowest BCUT2D eigenvalue weighted by atomic mass is 9.94. The van der Waals surface area contributed by atoms with Crippen molar-refractivity contribution in [3.8, 4) is 16.9 Å². The van der Waals surface area contributed by atoms with Crippen molar-refractivity contribution in [1.82, 2.24) is 4.98 Å². The van der Waals surface area contributed by atoms with Gasteiger partial charge in [-0.05, 0) is 29.3 Å². The minimum atomic E-state index is -4.40. The molecule has 0 aliphatic carbocycles. The SMILES string of the molecule is COc1ccncc1-c1cc(C(F)(F)F)cc2c1C=NC2. The van der Waals surface area contributed by atoms with E-state index in [1.54, 1.807) is 12.3 Å². The van der Waals surface area contributed by atoms with Crippen molar-refractivity contribution in [2.24, 2.45) is 4.99 Å². The molecule has 108 valence electrons. The summed E-state index contributed by atoms with van der Waals surface area (Å²) in [5.41, 5.74) is 1.52. The molecular weight excluding hydrogens is 281 g/mol. The van der Waals surface area contributed by atoms with Crippen LogP contribution in [0, 0.1) is 0 Å². The minimum absolute atomic E-state index is 0.259. The molecule has 0 radical (unpaired) electrons. The number of fused-ring (bicyclic) bond motifs is 1. The van der Waals surface area contributed by atoms with E-state index in [0.717, 1.165) is 12.1 Å². The third kappa shape index (κ3) is 2.37. The zero-order chi connectivity index (χ0) is 15.0. The molecule has 1 aromatic heterocycles. The highest BCUT2D eigenvalue weighted by molar-refractivity contribution is 5.95. The number of alkyl halides is 3. The van der Waals surface area contributed by atoms with E-state index in [1.165, 1.54) is 19.5 Å². The van der Waals surface area contributed by atoms with Crippen molar-refractivity contribution in [3.05, 3.63) is 47.3 Å².